The van der Waals surface area contributed by atoms with Gasteiger partial charge in [-0.3, -0.25) is 14.8 Å². The molecule has 18 heavy (non-hydrogen) atoms. The van der Waals surface area contributed by atoms with Crippen LogP contribution in [0.25, 0.3) is 0 Å². The normalized spacial score (nSPS) is 12.6. The molecule has 0 bridgehead atoms. The van der Waals surface area contributed by atoms with Gasteiger partial charge >= 0.3 is 5.97 Å². The summed E-state index contributed by atoms with van der Waals surface area (Å²) in [7, 11) is 1.78. The Labute approximate surface area is 105 Å². The van der Waals surface area contributed by atoms with Gasteiger partial charge in [-0.25, -0.2) is 0 Å². The van der Waals surface area contributed by atoms with Crippen LogP contribution in [0, 0.1) is 0 Å². The van der Waals surface area contributed by atoms with E-state index in [0.29, 0.717) is 12.2 Å². The smallest absolute Gasteiger partial charge is 0.327 e. The zero-order chi connectivity index (χ0) is 13.0. The maximum absolute atomic E-state index is 11.3. The van der Waals surface area contributed by atoms with Crippen LogP contribution in [-0.2, 0) is 11.3 Å². The standard InChI is InChI=1S/C13H15N3O2/c1-16(9-10-5-3-2-4-6-10)12(13(17)18)11-7-8-14-15-11/h2-8,12H,9H2,1H3,(H,14,15)(H,17,18)/t12-/m1/s1. The topological polar surface area (TPSA) is 69.2 Å². The third-order valence-electron chi connectivity index (χ3n) is 2.77. The highest BCUT2D eigenvalue weighted by atomic mass is 16.4. The molecule has 0 amide bonds. The van der Waals surface area contributed by atoms with Crippen LogP contribution in [0.4, 0.5) is 0 Å². The first-order valence-corrected chi connectivity index (χ1v) is 5.64. The van der Waals surface area contributed by atoms with Crippen LogP contribution in [0.2, 0.25) is 0 Å². The second-order valence-corrected chi connectivity index (χ2v) is 4.15. The van der Waals surface area contributed by atoms with E-state index in [9.17, 15) is 9.90 Å². The summed E-state index contributed by atoms with van der Waals surface area (Å²) < 4.78 is 0. The van der Waals surface area contributed by atoms with Gasteiger partial charge in [0.2, 0.25) is 0 Å². The number of hydrogen-bond acceptors (Lipinski definition) is 3. The molecule has 0 spiro atoms. The number of rotatable bonds is 5. The fourth-order valence-corrected chi connectivity index (χ4v) is 1.94. The molecular weight excluding hydrogens is 230 g/mol. The minimum Gasteiger partial charge on any atom is -0.480 e. The number of aromatic amines is 1. The molecule has 5 nitrogen and oxygen atoms in total. The summed E-state index contributed by atoms with van der Waals surface area (Å²) in [4.78, 5) is 13.1. The van der Waals surface area contributed by atoms with Crippen molar-refractivity contribution >= 4 is 5.97 Å². The first kappa shape index (κ1) is 12.3. The van der Waals surface area contributed by atoms with Crippen LogP contribution in [-0.4, -0.2) is 33.2 Å². The zero-order valence-corrected chi connectivity index (χ0v) is 10.1. The molecule has 1 aromatic heterocycles. The summed E-state index contributed by atoms with van der Waals surface area (Å²) in [5, 5.41) is 15.8. The average Bonchev–Trinajstić information content (AvgIpc) is 2.83. The second-order valence-electron chi connectivity index (χ2n) is 4.15. The van der Waals surface area contributed by atoms with Crippen molar-refractivity contribution in [3.05, 3.63) is 53.9 Å². The third-order valence-corrected chi connectivity index (χ3v) is 2.77. The number of benzene rings is 1. The number of H-pyrrole nitrogens is 1. The molecule has 1 aromatic carbocycles. The molecule has 0 saturated heterocycles. The molecule has 0 aliphatic carbocycles. The second kappa shape index (κ2) is 5.46. The average molecular weight is 245 g/mol. The molecule has 0 aliphatic rings. The van der Waals surface area contributed by atoms with Crippen LogP contribution in [0.1, 0.15) is 17.3 Å². The summed E-state index contributed by atoms with van der Waals surface area (Å²) in [6, 6.07) is 10.7. The summed E-state index contributed by atoms with van der Waals surface area (Å²) >= 11 is 0. The quantitative estimate of drug-likeness (QED) is 0.840. The van der Waals surface area contributed by atoms with E-state index in [2.05, 4.69) is 10.2 Å². The van der Waals surface area contributed by atoms with Gasteiger partial charge in [-0.05, 0) is 18.7 Å². The summed E-state index contributed by atoms with van der Waals surface area (Å²) in [5.74, 6) is -0.891. The Bertz CT molecular complexity index is 496. The van der Waals surface area contributed by atoms with Crippen LogP contribution in [0.3, 0.4) is 0 Å². The van der Waals surface area contributed by atoms with Crippen molar-refractivity contribution in [3.63, 3.8) is 0 Å². The Morgan fingerprint density at radius 1 is 1.39 bits per heavy atom. The summed E-state index contributed by atoms with van der Waals surface area (Å²) in [6.45, 7) is 0.566. The molecule has 0 aliphatic heterocycles. The number of carboxylic acid groups (broad SMARTS) is 1. The van der Waals surface area contributed by atoms with Crippen molar-refractivity contribution in [1.82, 2.24) is 15.1 Å². The zero-order valence-electron chi connectivity index (χ0n) is 10.1. The Kier molecular flexibility index (Phi) is 3.74. The predicted molar refractivity (Wildman–Crippen MR) is 66.9 cm³/mol. The molecule has 2 aromatic rings. The number of carbonyl (C=O) groups is 1. The van der Waals surface area contributed by atoms with Gasteiger partial charge in [-0.15, -0.1) is 0 Å². The van der Waals surface area contributed by atoms with Gasteiger partial charge in [0.1, 0.15) is 0 Å². The number of carboxylic acids is 1. The number of hydrogen-bond donors (Lipinski definition) is 2. The SMILES string of the molecule is CN(Cc1ccccc1)[C@@H](C(=O)O)c1ccn[nH]1. The van der Waals surface area contributed by atoms with Gasteiger partial charge in [0.05, 0.1) is 5.69 Å². The van der Waals surface area contributed by atoms with Crippen LogP contribution in [0.15, 0.2) is 42.6 Å². The van der Waals surface area contributed by atoms with E-state index in [1.165, 1.54) is 0 Å². The highest BCUT2D eigenvalue weighted by Crippen LogP contribution is 2.19. The van der Waals surface area contributed by atoms with Crippen molar-refractivity contribution in [2.24, 2.45) is 0 Å². The highest BCUT2D eigenvalue weighted by Gasteiger charge is 2.25. The van der Waals surface area contributed by atoms with E-state index >= 15 is 0 Å². The monoisotopic (exact) mass is 245 g/mol. The molecule has 5 heteroatoms. The van der Waals surface area contributed by atoms with Crippen LogP contribution >= 0.6 is 0 Å². The Morgan fingerprint density at radius 2 is 2.11 bits per heavy atom. The van der Waals surface area contributed by atoms with Crippen molar-refractivity contribution in [3.8, 4) is 0 Å². The molecule has 94 valence electrons. The predicted octanol–water partition coefficient (Wildman–Crippen LogP) is 1.67. The fourth-order valence-electron chi connectivity index (χ4n) is 1.94. The van der Waals surface area contributed by atoms with Crippen molar-refractivity contribution < 1.29 is 9.90 Å². The Balaban J connectivity index is 2.15. The molecule has 1 heterocycles. The van der Waals surface area contributed by atoms with E-state index in [1.807, 2.05) is 30.3 Å². The van der Waals surface area contributed by atoms with Gasteiger partial charge in [-0.2, -0.15) is 5.10 Å². The lowest BCUT2D eigenvalue weighted by Gasteiger charge is -2.23. The van der Waals surface area contributed by atoms with Crippen molar-refractivity contribution in [2.45, 2.75) is 12.6 Å². The summed E-state index contributed by atoms with van der Waals surface area (Å²) in [6.07, 6.45) is 1.56. The molecule has 2 rings (SSSR count). The van der Waals surface area contributed by atoms with E-state index in [1.54, 1.807) is 24.2 Å². The van der Waals surface area contributed by atoms with E-state index in [0.717, 1.165) is 5.56 Å². The number of nitrogens with one attached hydrogen (secondary N) is 1. The molecule has 1 atom stereocenters. The summed E-state index contributed by atoms with van der Waals surface area (Å²) in [5.41, 5.74) is 1.66. The lowest BCUT2D eigenvalue weighted by atomic mass is 10.1. The van der Waals surface area contributed by atoms with Crippen molar-refractivity contribution in [1.29, 1.82) is 0 Å². The lowest BCUT2D eigenvalue weighted by molar-refractivity contribution is -0.143. The van der Waals surface area contributed by atoms with Crippen LogP contribution < -0.4 is 0 Å². The maximum Gasteiger partial charge on any atom is 0.327 e. The fraction of sp³-hybridized carbons (Fsp3) is 0.231. The van der Waals surface area contributed by atoms with Gasteiger partial charge in [0.25, 0.3) is 0 Å². The molecule has 0 radical (unpaired) electrons. The molecule has 0 saturated carbocycles. The number of aliphatic carboxylic acids is 1. The minimum absolute atomic E-state index is 0.566. The van der Waals surface area contributed by atoms with Gasteiger partial charge in [-0.1, -0.05) is 30.3 Å². The van der Waals surface area contributed by atoms with Crippen molar-refractivity contribution in [2.75, 3.05) is 7.05 Å². The highest BCUT2D eigenvalue weighted by molar-refractivity contribution is 5.74. The lowest BCUT2D eigenvalue weighted by Crippen LogP contribution is -2.30. The van der Waals surface area contributed by atoms with E-state index < -0.39 is 12.0 Å². The molecule has 2 N–H and O–H groups in total. The largest absolute Gasteiger partial charge is 0.480 e. The Hall–Kier alpha value is -2.14. The molecule has 0 unspecified atom stereocenters. The number of nitrogens with zero attached hydrogens (tertiary/aromatic N) is 2. The maximum atomic E-state index is 11.3. The minimum atomic E-state index is -0.891. The third kappa shape index (κ3) is 2.75. The first-order chi connectivity index (χ1) is 8.68. The van der Waals surface area contributed by atoms with E-state index in [-0.39, 0.29) is 0 Å². The van der Waals surface area contributed by atoms with Crippen LogP contribution in [0.5, 0.6) is 0 Å². The molecule has 0 fully saturated rings. The number of aromatic nitrogens is 2. The van der Waals surface area contributed by atoms with E-state index in [4.69, 9.17) is 0 Å². The number of likely N-dealkylation sites (N-methyl/N-ethyl adjacent to an activating group) is 1. The van der Waals surface area contributed by atoms with Gasteiger partial charge < -0.3 is 5.11 Å². The molecular formula is C13H15N3O2. The van der Waals surface area contributed by atoms with Gasteiger partial charge in [0.15, 0.2) is 6.04 Å². The Morgan fingerprint density at radius 3 is 2.67 bits per heavy atom. The first-order valence-electron chi connectivity index (χ1n) is 5.64. The van der Waals surface area contributed by atoms with Gasteiger partial charge in [0, 0.05) is 12.7 Å².